The smallest absolute Gasteiger partial charge is 0.324 e. The minimum absolute atomic E-state index is 0. The van der Waals surface area contributed by atoms with Crippen LogP contribution in [0.1, 0.15) is 13.3 Å². The lowest BCUT2D eigenvalue weighted by molar-refractivity contribution is 0.372. The Hall–Kier alpha value is 0.682. The Morgan fingerprint density at radius 1 is 1.50 bits per heavy atom. The number of rotatable bonds is 2. The fourth-order valence-electron chi connectivity index (χ4n) is 0.291. The van der Waals surface area contributed by atoms with E-state index >= 15 is 0 Å². The van der Waals surface area contributed by atoms with Gasteiger partial charge in [0.05, 0.1) is 0 Å². The zero-order valence-corrected chi connectivity index (χ0v) is 5.06. The Bertz CT molecular complexity index is 88.5. The van der Waals surface area contributed by atoms with Crippen LogP contribution in [0, 0.1) is 0 Å². The van der Waals surface area contributed by atoms with Crippen LogP contribution in [0.25, 0.3) is 0 Å². The Labute approximate surface area is 59.4 Å². The van der Waals surface area contributed by atoms with E-state index in [1.165, 1.54) is 0 Å². The van der Waals surface area contributed by atoms with Crippen molar-refractivity contribution in [2.75, 3.05) is 6.16 Å². The van der Waals surface area contributed by atoms with Crippen molar-refractivity contribution < 1.29 is 14.4 Å². The summed E-state index contributed by atoms with van der Waals surface area (Å²) >= 11 is 0. The predicted octanol–water partition coefficient (Wildman–Crippen LogP) is -0.610. The van der Waals surface area contributed by atoms with Crippen LogP contribution in [0.3, 0.4) is 0 Å². The van der Waals surface area contributed by atoms with Crippen molar-refractivity contribution in [3.63, 3.8) is 0 Å². The van der Waals surface area contributed by atoms with Crippen molar-refractivity contribution in [1.29, 1.82) is 0 Å². The molecule has 50 valence electrons. The van der Waals surface area contributed by atoms with E-state index in [2.05, 4.69) is 0 Å². The van der Waals surface area contributed by atoms with E-state index in [0.717, 1.165) is 0 Å². The van der Waals surface area contributed by atoms with E-state index in [1.807, 2.05) is 0 Å². The second-order valence-electron chi connectivity index (χ2n) is 1.39. The molecule has 3 nitrogen and oxygen atoms in total. The van der Waals surface area contributed by atoms with Gasteiger partial charge in [0.1, 0.15) is 0 Å². The summed E-state index contributed by atoms with van der Waals surface area (Å²) in [7, 11) is -3.67. The second-order valence-corrected chi connectivity index (χ2v) is 3.16. The Balaban J connectivity index is 0. The van der Waals surface area contributed by atoms with Crippen LogP contribution in [0.5, 0.6) is 0 Å². The zero-order valence-electron chi connectivity index (χ0n) is 4.16. The summed E-state index contributed by atoms with van der Waals surface area (Å²) in [6, 6.07) is 0. The average molecular weight is 154 g/mol. The Kier molecular flexibility index (Phi) is 6.53. The monoisotopic (exact) mass is 154 g/mol. The van der Waals surface area contributed by atoms with Crippen molar-refractivity contribution in [3.8, 4) is 0 Å². The van der Waals surface area contributed by atoms with Gasteiger partial charge in [0, 0.05) is 6.16 Å². The molecule has 0 fully saturated rings. The molecule has 2 N–H and O–H groups in total. The van der Waals surface area contributed by atoms with Gasteiger partial charge >= 0.3 is 7.60 Å². The maximum atomic E-state index is 9.93. The standard InChI is InChI=1S/C3H9O3P.Al.3H/c1-2-3-7(4,5)6;;;;/h2-3H2,1H3,(H2,4,5,6);;;;. The first-order valence-corrected chi connectivity index (χ1v) is 3.90. The van der Waals surface area contributed by atoms with E-state index in [1.54, 1.807) is 6.92 Å². The molecular formula is C3H12AlO3P. The van der Waals surface area contributed by atoms with Crippen LogP contribution >= 0.6 is 7.60 Å². The third kappa shape index (κ3) is 9.84. The molecule has 5 heteroatoms. The van der Waals surface area contributed by atoms with E-state index < -0.39 is 7.60 Å². The van der Waals surface area contributed by atoms with Crippen molar-refractivity contribution >= 4 is 25.0 Å². The first-order valence-electron chi connectivity index (χ1n) is 2.11. The van der Waals surface area contributed by atoms with Gasteiger partial charge < -0.3 is 9.79 Å². The molecule has 0 atom stereocenters. The van der Waals surface area contributed by atoms with E-state index in [0.29, 0.717) is 6.42 Å². The third-order valence-corrected chi connectivity index (χ3v) is 1.54. The van der Waals surface area contributed by atoms with Crippen LogP contribution in [-0.2, 0) is 4.57 Å². The van der Waals surface area contributed by atoms with Gasteiger partial charge in [-0.25, -0.2) is 0 Å². The summed E-state index contributed by atoms with van der Waals surface area (Å²) in [6.45, 7) is 1.74. The summed E-state index contributed by atoms with van der Waals surface area (Å²) in [5.41, 5.74) is 0. The zero-order chi connectivity index (χ0) is 5.91. The lowest BCUT2D eigenvalue weighted by atomic mass is 10.6. The molecule has 0 saturated carbocycles. The molecule has 0 aromatic heterocycles. The molecule has 0 unspecified atom stereocenters. The quantitative estimate of drug-likeness (QED) is 0.412. The van der Waals surface area contributed by atoms with Gasteiger partial charge in [-0.1, -0.05) is 6.92 Å². The molecule has 0 bridgehead atoms. The molecular weight excluding hydrogens is 142 g/mol. The fourth-order valence-corrected chi connectivity index (χ4v) is 0.874. The minimum Gasteiger partial charge on any atom is -0.324 e. The highest BCUT2D eigenvalue weighted by Gasteiger charge is 2.08. The average Bonchev–Trinajstić information content (AvgIpc) is 1.30. The summed E-state index contributed by atoms with van der Waals surface area (Å²) in [5, 5.41) is 0. The van der Waals surface area contributed by atoms with Gasteiger partial charge in [-0.15, -0.1) is 0 Å². The molecule has 0 saturated heterocycles. The molecule has 0 aliphatic carbocycles. The van der Waals surface area contributed by atoms with Crippen LogP contribution < -0.4 is 0 Å². The van der Waals surface area contributed by atoms with Crippen molar-refractivity contribution in [3.05, 3.63) is 0 Å². The minimum atomic E-state index is -3.67. The maximum Gasteiger partial charge on any atom is 0.325 e. The largest absolute Gasteiger partial charge is 0.325 e. The Morgan fingerprint density at radius 3 is 1.88 bits per heavy atom. The van der Waals surface area contributed by atoms with E-state index in [4.69, 9.17) is 9.79 Å². The molecule has 0 aromatic rings. The Morgan fingerprint density at radius 2 is 1.88 bits per heavy atom. The van der Waals surface area contributed by atoms with E-state index in [-0.39, 0.29) is 23.5 Å². The van der Waals surface area contributed by atoms with Crippen molar-refractivity contribution in [2.24, 2.45) is 0 Å². The summed E-state index contributed by atoms with van der Waals surface area (Å²) in [6.07, 6.45) is 0.553. The highest BCUT2D eigenvalue weighted by atomic mass is 31.2. The molecule has 0 radical (unpaired) electrons. The molecule has 0 aliphatic heterocycles. The van der Waals surface area contributed by atoms with Crippen LogP contribution in [-0.4, -0.2) is 33.3 Å². The summed E-state index contributed by atoms with van der Waals surface area (Å²) < 4.78 is 9.93. The molecule has 0 heterocycles. The SMILES string of the molecule is CCCP(=O)(O)O.[AlH3]. The van der Waals surface area contributed by atoms with Gasteiger partial charge in [0.15, 0.2) is 17.4 Å². The normalized spacial score (nSPS) is 10.4. The summed E-state index contributed by atoms with van der Waals surface area (Å²) in [5.74, 6) is 0. The molecule has 0 rings (SSSR count). The first-order chi connectivity index (χ1) is 3.06. The van der Waals surface area contributed by atoms with Gasteiger partial charge in [-0.3, -0.25) is 4.57 Å². The maximum absolute atomic E-state index is 9.93. The van der Waals surface area contributed by atoms with Crippen molar-refractivity contribution in [1.82, 2.24) is 0 Å². The van der Waals surface area contributed by atoms with Gasteiger partial charge in [-0.2, -0.15) is 0 Å². The lowest BCUT2D eigenvalue weighted by Crippen LogP contribution is -1.82. The van der Waals surface area contributed by atoms with Gasteiger partial charge in [0.25, 0.3) is 0 Å². The van der Waals surface area contributed by atoms with Crippen LogP contribution in [0.15, 0.2) is 0 Å². The highest BCUT2D eigenvalue weighted by molar-refractivity contribution is 7.51. The van der Waals surface area contributed by atoms with Gasteiger partial charge in [-0.05, 0) is 6.42 Å². The number of hydrogen-bond donors (Lipinski definition) is 2. The van der Waals surface area contributed by atoms with Crippen LogP contribution in [0.4, 0.5) is 0 Å². The van der Waals surface area contributed by atoms with Gasteiger partial charge in [0.2, 0.25) is 0 Å². The highest BCUT2D eigenvalue weighted by Crippen LogP contribution is 2.34. The molecule has 0 amide bonds. The lowest BCUT2D eigenvalue weighted by Gasteiger charge is -1.96. The molecule has 8 heavy (non-hydrogen) atoms. The third-order valence-electron chi connectivity index (χ3n) is 0.515. The predicted molar refractivity (Wildman–Crippen MR) is 37.1 cm³/mol. The first kappa shape index (κ1) is 11.5. The van der Waals surface area contributed by atoms with Crippen LogP contribution in [0.2, 0.25) is 0 Å². The molecule has 0 aliphatic rings. The number of hydrogen-bond acceptors (Lipinski definition) is 1. The molecule has 0 aromatic carbocycles. The van der Waals surface area contributed by atoms with E-state index in [9.17, 15) is 4.57 Å². The van der Waals surface area contributed by atoms with Crippen molar-refractivity contribution in [2.45, 2.75) is 13.3 Å². The topological polar surface area (TPSA) is 57.5 Å². The fraction of sp³-hybridized carbons (Fsp3) is 1.00. The summed E-state index contributed by atoms with van der Waals surface area (Å²) in [4.78, 5) is 16.3. The second kappa shape index (κ2) is 4.55. The molecule has 0 spiro atoms.